The quantitative estimate of drug-likeness (QED) is 0.326. The highest BCUT2D eigenvalue weighted by Crippen LogP contribution is 2.42. The minimum Gasteiger partial charge on any atom is -0.467 e. The van der Waals surface area contributed by atoms with Crippen LogP contribution in [0.5, 0.6) is 0 Å². The van der Waals surface area contributed by atoms with E-state index in [-0.39, 0.29) is 24.5 Å². The number of hydrogen-bond acceptors (Lipinski definition) is 3. The Kier molecular flexibility index (Phi) is 5.74. The van der Waals surface area contributed by atoms with Gasteiger partial charge in [0.1, 0.15) is 18.3 Å². The van der Waals surface area contributed by atoms with Crippen LogP contribution >= 0.6 is 23.2 Å². The van der Waals surface area contributed by atoms with E-state index in [0.29, 0.717) is 21.5 Å². The number of urea groups is 1. The molecule has 2 aromatic carbocycles. The van der Waals surface area contributed by atoms with Gasteiger partial charge in [0.25, 0.3) is 0 Å². The molecule has 7 nitrogen and oxygen atoms in total. The van der Waals surface area contributed by atoms with Crippen molar-refractivity contribution in [2.75, 3.05) is 16.8 Å². The lowest BCUT2D eigenvalue weighted by atomic mass is 10.0. The lowest BCUT2D eigenvalue weighted by Crippen LogP contribution is -2.48. The molecule has 0 radical (unpaired) electrons. The van der Waals surface area contributed by atoms with E-state index in [2.05, 4.69) is 9.88 Å². The van der Waals surface area contributed by atoms with Gasteiger partial charge in [-0.3, -0.25) is 9.69 Å². The van der Waals surface area contributed by atoms with Gasteiger partial charge in [0, 0.05) is 17.9 Å². The zero-order valence-corrected chi connectivity index (χ0v) is 20.6. The molecule has 1 fully saturated rings. The first-order chi connectivity index (χ1) is 17.5. The number of nitrogens with one attached hydrogen (secondary N) is 1. The lowest BCUT2D eigenvalue weighted by molar-refractivity contribution is -0.119. The van der Waals surface area contributed by atoms with Crippen molar-refractivity contribution in [3.63, 3.8) is 0 Å². The van der Waals surface area contributed by atoms with E-state index in [1.54, 1.807) is 34.3 Å². The van der Waals surface area contributed by atoms with Crippen LogP contribution in [0.2, 0.25) is 10.0 Å². The number of halogens is 2. The van der Waals surface area contributed by atoms with Crippen LogP contribution in [0.15, 0.2) is 83.6 Å². The molecule has 1 N–H and O–H groups in total. The van der Waals surface area contributed by atoms with Crippen LogP contribution in [-0.4, -0.2) is 34.0 Å². The Hall–Kier alpha value is -3.68. The van der Waals surface area contributed by atoms with Crippen LogP contribution in [0.25, 0.3) is 5.69 Å². The maximum Gasteiger partial charge on any atom is 0.322 e. The maximum atomic E-state index is 14.0. The number of nitrogens with zero attached hydrogens (tertiary/aromatic N) is 3. The number of aromatic nitrogens is 1. The summed E-state index contributed by atoms with van der Waals surface area (Å²) in [5, 5.41) is 3.61. The van der Waals surface area contributed by atoms with Crippen molar-refractivity contribution in [3.8, 4) is 5.69 Å². The fraction of sp³-hybridized carbons (Fsp3) is 0.185. The highest BCUT2D eigenvalue weighted by molar-refractivity contribution is 6.42. The molecule has 1 aliphatic heterocycles. The molecule has 36 heavy (non-hydrogen) atoms. The number of carbonyl (C=O) groups is 2. The van der Waals surface area contributed by atoms with Gasteiger partial charge in [-0.1, -0.05) is 35.3 Å². The van der Waals surface area contributed by atoms with E-state index in [9.17, 15) is 9.59 Å². The largest absolute Gasteiger partial charge is 0.467 e. The van der Waals surface area contributed by atoms with E-state index >= 15 is 0 Å². The van der Waals surface area contributed by atoms with Gasteiger partial charge >= 0.3 is 6.03 Å². The number of anilines is 2. The zero-order valence-electron chi connectivity index (χ0n) is 19.1. The molecule has 9 heteroatoms. The summed E-state index contributed by atoms with van der Waals surface area (Å²) in [6.07, 6.45) is 5.28. The van der Waals surface area contributed by atoms with Gasteiger partial charge in [-0.25, -0.2) is 4.79 Å². The number of hydrogen-bond donors (Lipinski definition) is 1. The van der Waals surface area contributed by atoms with Crippen LogP contribution in [0.1, 0.15) is 30.3 Å². The van der Waals surface area contributed by atoms with E-state index in [1.165, 1.54) is 0 Å². The number of furan rings is 1. The summed E-state index contributed by atoms with van der Waals surface area (Å²) in [5.74, 6) is 0.448. The maximum absolute atomic E-state index is 14.0. The summed E-state index contributed by atoms with van der Waals surface area (Å²) in [4.78, 5) is 30.6. The van der Waals surface area contributed by atoms with Crippen molar-refractivity contribution < 1.29 is 14.0 Å². The number of para-hydroxylation sites is 2. The number of fused-ring (bicyclic) bond motifs is 3. The SMILES string of the molecule is O=C(Nc1ccc(Cl)c(Cl)c1)N(CC(=O)N1c2ccccc2-n2cccc2C1c1ccco1)C1CC1. The number of benzene rings is 2. The van der Waals surface area contributed by atoms with Gasteiger partial charge in [0.05, 0.1) is 33.4 Å². The molecule has 0 spiro atoms. The van der Waals surface area contributed by atoms with Gasteiger partial charge in [-0.2, -0.15) is 0 Å². The van der Waals surface area contributed by atoms with Crippen LogP contribution in [0.4, 0.5) is 16.2 Å². The second kappa shape index (κ2) is 9.08. The van der Waals surface area contributed by atoms with Crippen LogP contribution in [0, 0.1) is 0 Å². The number of carbonyl (C=O) groups excluding carboxylic acids is 2. The molecule has 1 saturated carbocycles. The highest BCUT2D eigenvalue weighted by Gasteiger charge is 2.41. The van der Waals surface area contributed by atoms with Crippen molar-refractivity contribution in [3.05, 3.63) is 101 Å². The summed E-state index contributed by atoms with van der Waals surface area (Å²) in [5.41, 5.74) is 3.08. The third-order valence-electron chi connectivity index (χ3n) is 6.53. The summed E-state index contributed by atoms with van der Waals surface area (Å²) in [7, 11) is 0. The molecule has 6 rings (SSSR count). The van der Waals surface area contributed by atoms with Gasteiger partial charge in [0.15, 0.2) is 0 Å². The van der Waals surface area contributed by atoms with Crippen molar-refractivity contribution in [2.45, 2.75) is 24.9 Å². The second-order valence-electron chi connectivity index (χ2n) is 8.89. The minimum absolute atomic E-state index is 0.00248. The molecule has 2 aromatic heterocycles. The third-order valence-corrected chi connectivity index (χ3v) is 7.26. The Bertz CT molecular complexity index is 1440. The fourth-order valence-corrected chi connectivity index (χ4v) is 5.02. The summed E-state index contributed by atoms with van der Waals surface area (Å²) < 4.78 is 7.85. The van der Waals surface area contributed by atoms with E-state index < -0.39 is 6.04 Å². The Morgan fingerprint density at radius 2 is 1.78 bits per heavy atom. The Morgan fingerprint density at radius 3 is 2.50 bits per heavy atom. The standard InChI is InChI=1S/C27H22Cl2N4O3/c28-19-12-9-17(15-20(19)29)30-27(35)32(18-10-11-18)16-25(34)33-22-6-2-1-5-21(22)31-13-3-7-23(31)26(33)24-8-4-14-36-24/h1-9,12-15,18,26H,10-11,16H2,(H,30,35). The van der Waals surface area contributed by atoms with E-state index in [1.807, 2.05) is 54.7 Å². The topological polar surface area (TPSA) is 70.7 Å². The van der Waals surface area contributed by atoms with Crippen molar-refractivity contribution >= 4 is 46.5 Å². The van der Waals surface area contributed by atoms with Crippen molar-refractivity contribution in [1.82, 2.24) is 9.47 Å². The van der Waals surface area contributed by atoms with Crippen LogP contribution in [0.3, 0.4) is 0 Å². The monoisotopic (exact) mass is 520 g/mol. The lowest BCUT2D eigenvalue weighted by Gasteiger charge is -2.38. The third kappa shape index (κ3) is 4.04. The molecular weight excluding hydrogens is 499 g/mol. The smallest absolute Gasteiger partial charge is 0.322 e. The van der Waals surface area contributed by atoms with Gasteiger partial charge < -0.3 is 19.2 Å². The summed E-state index contributed by atoms with van der Waals surface area (Å²) >= 11 is 12.1. The van der Waals surface area contributed by atoms with E-state index in [4.69, 9.17) is 27.6 Å². The van der Waals surface area contributed by atoms with Crippen molar-refractivity contribution in [2.24, 2.45) is 0 Å². The first-order valence-electron chi connectivity index (χ1n) is 11.7. The molecular formula is C27H22Cl2N4O3. The number of amides is 3. The molecule has 1 unspecified atom stereocenters. The molecule has 1 aliphatic carbocycles. The predicted molar refractivity (Wildman–Crippen MR) is 139 cm³/mol. The first kappa shape index (κ1) is 22.8. The van der Waals surface area contributed by atoms with E-state index in [0.717, 1.165) is 29.9 Å². The molecule has 3 amide bonds. The average molecular weight is 521 g/mol. The Labute approximate surface area is 217 Å². The minimum atomic E-state index is -0.461. The molecule has 2 aliphatic rings. The molecule has 0 bridgehead atoms. The first-order valence-corrected chi connectivity index (χ1v) is 12.4. The Morgan fingerprint density at radius 1 is 0.972 bits per heavy atom. The summed E-state index contributed by atoms with van der Waals surface area (Å²) in [6.45, 7) is -0.0793. The molecule has 4 aromatic rings. The molecule has 3 heterocycles. The highest BCUT2D eigenvalue weighted by atomic mass is 35.5. The van der Waals surface area contributed by atoms with Crippen molar-refractivity contribution in [1.29, 1.82) is 0 Å². The second-order valence-corrected chi connectivity index (χ2v) is 9.71. The zero-order chi connectivity index (χ0) is 24.8. The van der Waals surface area contributed by atoms with Gasteiger partial charge in [-0.05, 0) is 67.4 Å². The molecule has 0 saturated heterocycles. The van der Waals surface area contributed by atoms with Gasteiger partial charge in [0.2, 0.25) is 5.91 Å². The number of rotatable bonds is 5. The van der Waals surface area contributed by atoms with Gasteiger partial charge in [-0.15, -0.1) is 0 Å². The predicted octanol–water partition coefficient (Wildman–Crippen LogP) is 6.51. The molecule has 1 atom stereocenters. The Balaban J connectivity index is 1.33. The average Bonchev–Trinajstić information content (AvgIpc) is 3.35. The fourth-order valence-electron chi connectivity index (χ4n) is 4.72. The summed E-state index contributed by atoms with van der Waals surface area (Å²) in [6, 6.07) is 19.5. The van der Waals surface area contributed by atoms with Crippen LogP contribution < -0.4 is 10.2 Å². The molecule has 182 valence electrons. The normalized spacial score (nSPS) is 16.3. The van der Waals surface area contributed by atoms with Crippen LogP contribution in [-0.2, 0) is 4.79 Å².